The summed E-state index contributed by atoms with van der Waals surface area (Å²) in [6.45, 7) is 2.23. The number of benzene rings is 10. The first-order valence-electron chi connectivity index (χ1n) is 22.8. The Kier molecular flexibility index (Phi) is 9.48. The highest BCUT2D eigenvalue weighted by atomic mass is 32.1. The molecule has 0 atom stereocenters. The van der Waals surface area contributed by atoms with E-state index in [-0.39, 0.29) is 0 Å². The third-order valence-electron chi connectivity index (χ3n) is 13.4. The first kappa shape index (κ1) is 39.4. The molecule has 0 unspecified atom stereocenters. The number of thiophene rings is 2. The van der Waals surface area contributed by atoms with Gasteiger partial charge in [-0.2, -0.15) is 0 Å². The van der Waals surface area contributed by atoms with E-state index in [9.17, 15) is 0 Å². The van der Waals surface area contributed by atoms with Crippen molar-refractivity contribution in [2.45, 2.75) is 6.92 Å². The Labute approximate surface area is 397 Å². The van der Waals surface area contributed by atoms with Crippen molar-refractivity contribution in [1.82, 2.24) is 4.57 Å². The number of hydrogen-bond donors (Lipinski definition) is 0. The SMILES string of the molecule is Cc1c(-c2ccccc2)c2ccccc2n1-c1ccc(-c2ccc(N(c3ccc(-c4ccc5c(c4)sc4ccccc45)cc3)c3ccc(-c4ccc5c(c4)sc4ccccc45)cc3)cc2)cc1. The minimum Gasteiger partial charge on any atom is -0.313 e. The number of para-hydroxylation sites is 1. The molecule has 0 spiro atoms. The second kappa shape index (κ2) is 16.1. The molecule has 4 heteroatoms. The van der Waals surface area contributed by atoms with Crippen LogP contribution in [0.3, 0.4) is 0 Å². The Balaban J connectivity index is 0.840. The molecule has 0 aliphatic rings. The van der Waals surface area contributed by atoms with Crippen LogP contribution in [0.4, 0.5) is 17.1 Å². The first-order chi connectivity index (χ1) is 33.1. The smallest absolute Gasteiger partial charge is 0.0537 e. The lowest BCUT2D eigenvalue weighted by molar-refractivity contribution is 1.06. The van der Waals surface area contributed by atoms with Crippen LogP contribution in [0.1, 0.15) is 5.69 Å². The van der Waals surface area contributed by atoms with E-state index < -0.39 is 0 Å². The van der Waals surface area contributed by atoms with Crippen LogP contribution < -0.4 is 4.90 Å². The summed E-state index contributed by atoms with van der Waals surface area (Å²) in [6, 6.07) is 86.8. The van der Waals surface area contributed by atoms with Gasteiger partial charge in [-0.05, 0) is 125 Å². The summed E-state index contributed by atoms with van der Waals surface area (Å²) in [5, 5.41) is 6.56. The van der Waals surface area contributed by atoms with Crippen LogP contribution in [0.5, 0.6) is 0 Å². The molecule has 0 radical (unpaired) electrons. The number of hydrogen-bond acceptors (Lipinski definition) is 3. The zero-order valence-electron chi connectivity index (χ0n) is 36.7. The molecule has 3 aromatic heterocycles. The van der Waals surface area contributed by atoms with Gasteiger partial charge >= 0.3 is 0 Å². The van der Waals surface area contributed by atoms with Crippen LogP contribution in [0.2, 0.25) is 0 Å². The Morgan fingerprint density at radius 3 is 1.21 bits per heavy atom. The Morgan fingerprint density at radius 2 is 0.701 bits per heavy atom. The van der Waals surface area contributed by atoms with Gasteiger partial charge in [0, 0.05) is 79.7 Å². The molecule has 0 bridgehead atoms. The zero-order chi connectivity index (χ0) is 44.4. The quantitative estimate of drug-likeness (QED) is 0.148. The molecule has 2 nitrogen and oxygen atoms in total. The average Bonchev–Trinajstić information content (AvgIpc) is 4.05. The minimum atomic E-state index is 1.10. The fourth-order valence-electron chi connectivity index (χ4n) is 10.1. The summed E-state index contributed by atoms with van der Waals surface area (Å²) >= 11 is 3.73. The van der Waals surface area contributed by atoms with Gasteiger partial charge in [0.15, 0.2) is 0 Å². The summed E-state index contributed by atoms with van der Waals surface area (Å²) in [7, 11) is 0. The molecule has 13 aromatic rings. The van der Waals surface area contributed by atoms with E-state index in [2.05, 4.69) is 253 Å². The number of nitrogens with zero attached hydrogens (tertiary/aromatic N) is 2. The fraction of sp³-hybridized carbons (Fsp3) is 0.0159. The summed E-state index contributed by atoms with van der Waals surface area (Å²) in [5.41, 5.74) is 16.6. The number of rotatable bonds is 8. The van der Waals surface area contributed by atoms with Gasteiger partial charge in [-0.25, -0.2) is 0 Å². The molecule has 0 saturated heterocycles. The largest absolute Gasteiger partial charge is 0.313 e. The van der Waals surface area contributed by atoms with Gasteiger partial charge < -0.3 is 9.47 Å². The number of aromatic nitrogens is 1. The molecule has 10 aromatic carbocycles. The van der Waals surface area contributed by atoms with E-state index in [4.69, 9.17) is 0 Å². The van der Waals surface area contributed by atoms with Crippen molar-refractivity contribution in [3.63, 3.8) is 0 Å². The predicted molar refractivity (Wildman–Crippen MR) is 290 cm³/mol. The topological polar surface area (TPSA) is 8.17 Å². The van der Waals surface area contributed by atoms with Gasteiger partial charge in [0.1, 0.15) is 0 Å². The lowest BCUT2D eigenvalue weighted by Gasteiger charge is -2.26. The maximum atomic E-state index is 2.39. The molecule has 0 amide bonds. The fourth-order valence-corrected chi connectivity index (χ4v) is 12.4. The lowest BCUT2D eigenvalue weighted by atomic mass is 10.0. The van der Waals surface area contributed by atoms with Crippen LogP contribution in [0.15, 0.2) is 237 Å². The van der Waals surface area contributed by atoms with Gasteiger partial charge in [0.05, 0.1) is 5.52 Å². The van der Waals surface area contributed by atoms with E-state index in [0.29, 0.717) is 0 Å². The standard InChI is InChI=1S/C63H42N2S2/c1-41-63(46-11-3-2-4-12-46)57-15-5-8-16-58(57)64(41)49-29-19-42(20-30-49)43-21-31-50(32-22-43)65(51-33-23-44(24-34-51)47-27-37-55-53-13-6-9-17-59(53)66-61(55)39-47)52-35-25-45(26-36-52)48-28-38-56-54-14-7-10-18-60(54)67-62(56)40-48/h2-40H,1H3. The zero-order valence-corrected chi connectivity index (χ0v) is 38.4. The number of anilines is 3. The Bertz CT molecular complexity index is 3790. The van der Waals surface area contributed by atoms with E-state index in [0.717, 1.165) is 22.7 Å². The summed E-state index contributed by atoms with van der Waals surface area (Å²) in [6.07, 6.45) is 0. The van der Waals surface area contributed by atoms with Gasteiger partial charge in [-0.1, -0.05) is 158 Å². The monoisotopic (exact) mass is 890 g/mol. The van der Waals surface area contributed by atoms with Crippen LogP contribution in [0, 0.1) is 6.92 Å². The van der Waals surface area contributed by atoms with E-state index in [1.54, 1.807) is 0 Å². The maximum absolute atomic E-state index is 2.39. The maximum Gasteiger partial charge on any atom is 0.0537 e. The normalized spacial score (nSPS) is 11.7. The molecule has 0 aliphatic carbocycles. The number of fused-ring (bicyclic) bond motifs is 7. The molecule has 0 aliphatic heterocycles. The van der Waals surface area contributed by atoms with Gasteiger partial charge in [0.25, 0.3) is 0 Å². The van der Waals surface area contributed by atoms with Crippen LogP contribution >= 0.6 is 22.7 Å². The van der Waals surface area contributed by atoms with Crippen LogP contribution in [0.25, 0.3) is 101 Å². The van der Waals surface area contributed by atoms with Crippen molar-refractivity contribution < 1.29 is 0 Å². The minimum absolute atomic E-state index is 1.10. The molecule has 316 valence electrons. The van der Waals surface area contributed by atoms with Gasteiger partial charge in [-0.15, -0.1) is 22.7 Å². The lowest BCUT2D eigenvalue weighted by Crippen LogP contribution is -2.09. The molecule has 67 heavy (non-hydrogen) atoms. The molecule has 0 N–H and O–H groups in total. The molecular formula is C63H42N2S2. The van der Waals surface area contributed by atoms with E-state index in [1.807, 2.05) is 22.7 Å². The van der Waals surface area contributed by atoms with Crippen LogP contribution in [-0.2, 0) is 0 Å². The van der Waals surface area contributed by atoms with Crippen molar-refractivity contribution in [2.24, 2.45) is 0 Å². The highest BCUT2D eigenvalue weighted by Gasteiger charge is 2.18. The van der Waals surface area contributed by atoms with Gasteiger partial charge in [0.2, 0.25) is 0 Å². The summed E-state index contributed by atoms with van der Waals surface area (Å²) in [5.74, 6) is 0. The van der Waals surface area contributed by atoms with E-state index >= 15 is 0 Å². The second-order valence-electron chi connectivity index (χ2n) is 17.3. The van der Waals surface area contributed by atoms with Crippen LogP contribution in [-0.4, -0.2) is 4.57 Å². The highest BCUT2D eigenvalue weighted by molar-refractivity contribution is 7.26. The van der Waals surface area contributed by atoms with Crippen molar-refractivity contribution in [2.75, 3.05) is 4.90 Å². The second-order valence-corrected chi connectivity index (χ2v) is 19.5. The first-order valence-corrected chi connectivity index (χ1v) is 24.4. The summed E-state index contributed by atoms with van der Waals surface area (Å²) in [4.78, 5) is 2.37. The third-order valence-corrected chi connectivity index (χ3v) is 15.7. The molecule has 3 heterocycles. The van der Waals surface area contributed by atoms with Crippen molar-refractivity contribution >= 4 is 91.0 Å². The molecular weight excluding hydrogens is 849 g/mol. The summed E-state index contributed by atoms with van der Waals surface area (Å²) < 4.78 is 7.68. The molecule has 0 fully saturated rings. The average molecular weight is 891 g/mol. The molecule has 13 rings (SSSR count). The van der Waals surface area contributed by atoms with Crippen molar-refractivity contribution in [3.8, 4) is 50.2 Å². The third kappa shape index (κ3) is 6.84. The molecule has 0 saturated carbocycles. The van der Waals surface area contributed by atoms with Crippen molar-refractivity contribution in [3.05, 3.63) is 242 Å². The Morgan fingerprint density at radius 1 is 0.313 bits per heavy atom. The predicted octanol–water partition coefficient (Wildman–Crippen LogP) is 18.8. The Hall–Kier alpha value is -8.02. The van der Waals surface area contributed by atoms with E-state index in [1.165, 1.54) is 101 Å². The van der Waals surface area contributed by atoms with Gasteiger partial charge in [-0.3, -0.25) is 0 Å². The highest BCUT2D eigenvalue weighted by Crippen LogP contribution is 2.42. The van der Waals surface area contributed by atoms with Crippen molar-refractivity contribution in [1.29, 1.82) is 0 Å².